The van der Waals surface area contributed by atoms with Gasteiger partial charge in [-0.1, -0.05) is 0 Å². The maximum absolute atomic E-state index is 10.6. The predicted molar refractivity (Wildman–Crippen MR) is 37.1 cm³/mol. The van der Waals surface area contributed by atoms with Crippen molar-refractivity contribution in [2.24, 2.45) is 0 Å². The first-order chi connectivity index (χ1) is 4.66. The lowest BCUT2D eigenvalue weighted by Gasteiger charge is -2.00. The zero-order chi connectivity index (χ0) is 7.98. The Balaban J connectivity index is 3.30. The molecule has 4 heteroatoms. The van der Waals surface area contributed by atoms with Gasteiger partial charge in [0.1, 0.15) is 0 Å². The molecule has 0 spiro atoms. The molecular weight excluding hydrogens is 132 g/mol. The molecule has 0 aliphatic rings. The Morgan fingerprint density at radius 3 is 2.40 bits per heavy atom. The molecule has 0 heterocycles. The van der Waals surface area contributed by atoms with Crippen LogP contribution in [0.4, 0.5) is 0 Å². The molecule has 2 amide bonds. The molecule has 0 aliphatic carbocycles. The van der Waals surface area contributed by atoms with Gasteiger partial charge in [0, 0.05) is 13.5 Å². The van der Waals surface area contributed by atoms with Gasteiger partial charge in [0.15, 0.2) is 0 Å². The summed E-state index contributed by atoms with van der Waals surface area (Å²) in [6, 6.07) is 0. The van der Waals surface area contributed by atoms with Crippen molar-refractivity contribution in [3.8, 4) is 0 Å². The second kappa shape index (κ2) is 4.78. The van der Waals surface area contributed by atoms with E-state index in [0.717, 1.165) is 0 Å². The molecule has 0 bridgehead atoms. The van der Waals surface area contributed by atoms with E-state index >= 15 is 0 Å². The summed E-state index contributed by atoms with van der Waals surface area (Å²) < 4.78 is 0. The van der Waals surface area contributed by atoms with Crippen LogP contribution in [0.25, 0.3) is 0 Å². The third-order valence-corrected chi connectivity index (χ3v) is 0.820. The quantitative estimate of drug-likeness (QED) is 0.536. The molecule has 0 rings (SSSR count). The summed E-state index contributed by atoms with van der Waals surface area (Å²) in [5.74, 6) is -0.426. The van der Waals surface area contributed by atoms with E-state index in [2.05, 4.69) is 17.6 Å². The summed E-state index contributed by atoms with van der Waals surface area (Å²) in [7, 11) is 0. The zero-order valence-corrected chi connectivity index (χ0v) is 5.94. The van der Waals surface area contributed by atoms with Crippen LogP contribution in [0.5, 0.6) is 0 Å². The lowest BCUT2D eigenvalue weighted by molar-refractivity contribution is -0.124. The molecule has 10 heavy (non-hydrogen) atoms. The van der Waals surface area contributed by atoms with Crippen LogP contribution < -0.4 is 10.6 Å². The Bertz CT molecular complexity index is 134. The summed E-state index contributed by atoms with van der Waals surface area (Å²) in [6.45, 7) is 5.14. The summed E-state index contributed by atoms with van der Waals surface area (Å²) in [5.41, 5.74) is 0. The van der Waals surface area contributed by atoms with Crippen LogP contribution in [0.3, 0.4) is 0 Å². The summed E-state index contributed by atoms with van der Waals surface area (Å²) in [5, 5.41) is 4.79. The molecule has 57 valence electrons. The van der Waals surface area contributed by atoms with Gasteiger partial charge >= 0.3 is 0 Å². The maximum atomic E-state index is 10.6. The van der Waals surface area contributed by atoms with Crippen molar-refractivity contribution in [2.75, 3.05) is 13.1 Å². The molecule has 0 saturated carbocycles. The first-order valence-electron chi connectivity index (χ1n) is 2.97. The van der Waals surface area contributed by atoms with E-state index in [0.29, 0.717) is 6.54 Å². The second-order valence-corrected chi connectivity index (χ2v) is 1.76. The molecule has 0 aliphatic heterocycles. The van der Waals surface area contributed by atoms with Gasteiger partial charge < -0.3 is 10.6 Å². The van der Waals surface area contributed by atoms with Crippen molar-refractivity contribution in [1.29, 1.82) is 0 Å². The molecule has 0 fully saturated rings. The number of rotatable bonds is 3. The fourth-order valence-corrected chi connectivity index (χ4v) is 0.407. The number of hydrogen-bond acceptors (Lipinski definition) is 2. The fraction of sp³-hybridized carbons (Fsp3) is 0.500. The van der Waals surface area contributed by atoms with E-state index < -0.39 is 0 Å². The highest BCUT2D eigenvalue weighted by atomic mass is 16.2. The van der Waals surface area contributed by atoms with Crippen molar-refractivity contribution < 1.29 is 9.59 Å². The van der Waals surface area contributed by atoms with Gasteiger partial charge in [-0.15, -0.1) is 0 Å². The third-order valence-electron chi connectivity index (χ3n) is 0.820. The summed E-state index contributed by atoms with van der Waals surface area (Å²) in [6.07, 6.45) is 0. The lowest BCUT2D eigenvalue weighted by atomic mass is 10.5. The van der Waals surface area contributed by atoms with Gasteiger partial charge in [-0.05, 0) is 6.92 Å². The highest BCUT2D eigenvalue weighted by Gasteiger charge is 1.97. The van der Waals surface area contributed by atoms with Crippen molar-refractivity contribution in [3.05, 3.63) is 6.92 Å². The van der Waals surface area contributed by atoms with Gasteiger partial charge in [-0.3, -0.25) is 9.59 Å². The van der Waals surface area contributed by atoms with Crippen molar-refractivity contribution >= 4 is 11.8 Å². The van der Waals surface area contributed by atoms with Crippen LogP contribution in [0, 0.1) is 6.92 Å². The molecule has 4 nitrogen and oxygen atoms in total. The summed E-state index contributed by atoms with van der Waals surface area (Å²) in [4.78, 5) is 20.8. The van der Waals surface area contributed by atoms with Crippen molar-refractivity contribution in [2.45, 2.75) is 6.92 Å². The number of carbonyl (C=O) groups excluding carboxylic acids is 2. The number of carbonyl (C=O) groups is 2. The standard InChI is InChI=1S/C6H11N2O2/c1-3-7-6(10)4-8-5(2)9/h1,3-4H2,2H3,(H,7,10)(H,8,9). The molecule has 0 aromatic rings. The normalized spacial score (nSPS) is 8.60. The van der Waals surface area contributed by atoms with Gasteiger partial charge in [0.05, 0.1) is 6.54 Å². The molecule has 0 saturated heterocycles. The third kappa shape index (κ3) is 5.08. The fourth-order valence-electron chi connectivity index (χ4n) is 0.407. The Labute approximate surface area is 60.0 Å². The highest BCUT2D eigenvalue weighted by molar-refractivity contribution is 5.83. The molecule has 0 aromatic carbocycles. The monoisotopic (exact) mass is 143 g/mol. The van der Waals surface area contributed by atoms with Crippen LogP contribution in [0.1, 0.15) is 6.92 Å². The van der Waals surface area contributed by atoms with Gasteiger partial charge in [0.2, 0.25) is 11.8 Å². The lowest BCUT2D eigenvalue weighted by Crippen LogP contribution is -2.35. The Kier molecular flexibility index (Phi) is 4.28. The Morgan fingerprint density at radius 1 is 1.40 bits per heavy atom. The van der Waals surface area contributed by atoms with Crippen LogP contribution in [-0.4, -0.2) is 24.9 Å². The van der Waals surface area contributed by atoms with Gasteiger partial charge in [-0.25, -0.2) is 0 Å². The second-order valence-electron chi connectivity index (χ2n) is 1.76. The van der Waals surface area contributed by atoms with E-state index in [4.69, 9.17) is 0 Å². The average molecular weight is 143 g/mol. The minimum Gasteiger partial charge on any atom is -0.355 e. The van der Waals surface area contributed by atoms with Gasteiger partial charge in [0.25, 0.3) is 0 Å². The topological polar surface area (TPSA) is 58.2 Å². The smallest absolute Gasteiger partial charge is 0.239 e. The molecule has 0 aromatic heterocycles. The Morgan fingerprint density at radius 2 is 2.00 bits per heavy atom. The number of hydrogen-bond donors (Lipinski definition) is 2. The van der Waals surface area contributed by atoms with Gasteiger partial charge in [-0.2, -0.15) is 0 Å². The zero-order valence-electron chi connectivity index (χ0n) is 5.94. The van der Waals surface area contributed by atoms with Crippen LogP contribution >= 0.6 is 0 Å². The SMILES string of the molecule is [CH2]CNC(=O)CNC(C)=O. The van der Waals surface area contributed by atoms with Crippen molar-refractivity contribution in [1.82, 2.24) is 10.6 Å². The first-order valence-corrected chi connectivity index (χ1v) is 2.97. The molecule has 2 N–H and O–H groups in total. The van der Waals surface area contributed by atoms with Crippen LogP contribution in [-0.2, 0) is 9.59 Å². The highest BCUT2D eigenvalue weighted by Crippen LogP contribution is 1.63. The maximum Gasteiger partial charge on any atom is 0.239 e. The van der Waals surface area contributed by atoms with E-state index in [-0.39, 0.29) is 18.4 Å². The Hall–Kier alpha value is -1.06. The van der Waals surface area contributed by atoms with Crippen LogP contribution in [0.15, 0.2) is 0 Å². The first kappa shape index (κ1) is 8.94. The van der Waals surface area contributed by atoms with E-state index in [1.807, 2.05) is 0 Å². The summed E-state index contributed by atoms with van der Waals surface area (Å²) >= 11 is 0. The minimum absolute atomic E-state index is 0.0326. The largest absolute Gasteiger partial charge is 0.355 e. The predicted octanol–water partition coefficient (Wildman–Crippen LogP) is -0.927. The van der Waals surface area contributed by atoms with E-state index in [1.54, 1.807) is 0 Å². The minimum atomic E-state index is -0.217. The number of nitrogens with one attached hydrogen (secondary N) is 2. The molecule has 1 radical (unpaired) electrons. The van der Waals surface area contributed by atoms with E-state index in [9.17, 15) is 9.59 Å². The molecule has 0 unspecified atom stereocenters. The van der Waals surface area contributed by atoms with E-state index in [1.165, 1.54) is 6.92 Å². The average Bonchev–Trinajstić information content (AvgIpc) is 1.85. The molecular formula is C6H11N2O2. The van der Waals surface area contributed by atoms with Crippen molar-refractivity contribution in [3.63, 3.8) is 0 Å². The molecule has 0 atom stereocenters. The van der Waals surface area contributed by atoms with Crippen LogP contribution in [0.2, 0.25) is 0 Å². The number of amides is 2.